The predicted molar refractivity (Wildman–Crippen MR) is 93.4 cm³/mol. The molecule has 0 aliphatic carbocycles. The minimum absolute atomic E-state index is 0.140. The second-order valence-electron chi connectivity index (χ2n) is 6.96. The topological polar surface area (TPSA) is 104 Å². The van der Waals surface area contributed by atoms with E-state index >= 15 is 0 Å². The van der Waals surface area contributed by atoms with E-state index in [-0.39, 0.29) is 18.1 Å². The van der Waals surface area contributed by atoms with Gasteiger partial charge in [-0.15, -0.1) is 0 Å². The fourth-order valence-corrected chi connectivity index (χ4v) is 3.89. The van der Waals surface area contributed by atoms with E-state index in [4.69, 9.17) is 15.5 Å². The summed E-state index contributed by atoms with van der Waals surface area (Å²) in [5.41, 5.74) is 9.66. The number of hydrogen-bond donors (Lipinski definition) is 1. The molecule has 0 saturated carbocycles. The predicted octanol–water partition coefficient (Wildman–Crippen LogP) is 1.41. The van der Waals surface area contributed by atoms with E-state index in [1.807, 2.05) is 24.2 Å². The molecular weight excluding hydrogens is 334 g/mol. The van der Waals surface area contributed by atoms with Crippen molar-refractivity contribution in [3.8, 4) is 11.1 Å². The number of carbonyl (C=O) groups excluding carboxylic acids is 1. The van der Waals surface area contributed by atoms with Crippen LogP contribution in [0.3, 0.4) is 0 Å². The first-order valence-corrected chi connectivity index (χ1v) is 8.66. The number of hydrogen-bond acceptors (Lipinski definition) is 6. The van der Waals surface area contributed by atoms with Crippen LogP contribution < -0.4 is 5.73 Å². The quantitative estimate of drug-likeness (QED) is 0.747. The van der Waals surface area contributed by atoms with Gasteiger partial charge in [0.2, 0.25) is 0 Å². The molecule has 134 valence electrons. The average Bonchev–Trinajstić information content (AvgIpc) is 3.33. The van der Waals surface area contributed by atoms with Gasteiger partial charge in [-0.3, -0.25) is 4.68 Å². The van der Waals surface area contributed by atoms with E-state index in [1.165, 1.54) is 0 Å². The summed E-state index contributed by atoms with van der Waals surface area (Å²) in [4.78, 5) is 18.6. The van der Waals surface area contributed by atoms with Crippen molar-refractivity contribution in [2.24, 2.45) is 7.05 Å². The van der Waals surface area contributed by atoms with E-state index in [1.54, 1.807) is 21.6 Å². The first-order valence-electron chi connectivity index (χ1n) is 8.66. The molecule has 2 saturated heterocycles. The molecule has 0 radical (unpaired) electrons. The van der Waals surface area contributed by atoms with Crippen molar-refractivity contribution in [1.29, 1.82) is 0 Å². The number of rotatable bonds is 2. The van der Waals surface area contributed by atoms with Crippen molar-refractivity contribution in [2.45, 2.75) is 24.8 Å². The summed E-state index contributed by atoms with van der Waals surface area (Å²) in [6, 6.07) is 2.06. The zero-order valence-electron chi connectivity index (χ0n) is 14.4. The van der Waals surface area contributed by atoms with Crippen molar-refractivity contribution in [2.75, 3.05) is 18.9 Å². The molecule has 0 bridgehead atoms. The van der Waals surface area contributed by atoms with Crippen molar-refractivity contribution in [3.05, 3.63) is 30.4 Å². The third-order valence-electron chi connectivity index (χ3n) is 5.29. The Morgan fingerprint density at radius 1 is 1.27 bits per heavy atom. The number of nitrogen functional groups attached to an aromatic ring is 1. The number of nitrogens with two attached hydrogens (primary N) is 1. The lowest BCUT2D eigenvalue weighted by molar-refractivity contribution is 0.150. The smallest absolute Gasteiger partial charge is 0.410 e. The summed E-state index contributed by atoms with van der Waals surface area (Å²) < 4.78 is 8.55. The van der Waals surface area contributed by atoms with Gasteiger partial charge in [-0.2, -0.15) is 14.7 Å². The molecule has 3 aromatic rings. The minimum atomic E-state index is -0.228. The van der Waals surface area contributed by atoms with Gasteiger partial charge in [-0.05, 0) is 12.8 Å². The van der Waals surface area contributed by atoms with Gasteiger partial charge >= 0.3 is 6.09 Å². The molecule has 5 rings (SSSR count). The van der Waals surface area contributed by atoms with Gasteiger partial charge < -0.3 is 15.4 Å². The van der Waals surface area contributed by atoms with Gasteiger partial charge in [0.15, 0.2) is 5.65 Å². The maximum Gasteiger partial charge on any atom is 0.410 e. The first-order chi connectivity index (χ1) is 12.6. The lowest BCUT2D eigenvalue weighted by Crippen LogP contribution is -2.41. The zero-order chi connectivity index (χ0) is 17.8. The van der Waals surface area contributed by atoms with E-state index in [9.17, 15) is 4.79 Å². The molecule has 2 N–H and O–H groups in total. The third-order valence-corrected chi connectivity index (χ3v) is 5.29. The second kappa shape index (κ2) is 5.45. The lowest BCUT2D eigenvalue weighted by Gasteiger charge is -2.32. The Morgan fingerprint density at radius 3 is 2.96 bits per heavy atom. The summed E-state index contributed by atoms with van der Waals surface area (Å²) in [5.74, 6) is 0.673. The Hall–Kier alpha value is -3.10. The van der Waals surface area contributed by atoms with E-state index in [0.29, 0.717) is 24.6 Å². The molecule has 3 aromatic heterocycles. The first kappa shape index (κ1) is 15.2. The average molecular weight is 353 g/mol. The fraction of sp³-hybridized carbons (Fsp3) is 0.412. The molecule has 9 heteroatoms. The highest BCUT2D eigenvalue weighted by molar-refractivity contribution is 5.77. The van der Waals surface area contributed by atoms with E-state index in [0.717, 1.165) is 29.7 Å². The van der Waals surface area contributed by atoms with Crippen LogP contribution >= 0.6 is 0 Å². The number of fused-ring (bicyclic) bond motifs is 2. The Bertz CT molecular complexity index is 1010. The summed E-state index contributed by atoms with van der Waals surface area (Å²) >= 11 is 0. The highest BCUT2D eigenvalue weighted by atomic mass is 16.6. The minimum Gasteiger partial charge on any atom is -0.447 e. The van der Waals surface area contributed by atoms with Gasteiger partial charge in [-0.25, -0.2) is 9.78 Å². The summed E-state index contributed by atoms with van der Waals surface area (Å²) in [7, 11) is 1.87. The fourth-order valence-electron chi connectivity index (χ4n) is 3.89. The largest absolute Gasteiger partial charge is 0.447 e. The molecule has 2 fully saturated rings. The SMILES string of the molecule is Cn1cc(-c2cnn3c(N)cc([C@H]4CC[C@H]5COC(=O)N5C4)nc23)cn1. The number of amides is 1. The van der Waals surface area contributed by atoms with Crippen LogP contribution in [0.1, 0.15) is 24.5 Å². The number of aromatic nitrogens is 5. The van der Waals surface area contributed by atoms with Crippen LogP contribution in [0.25, 0.3) is 16.8 Å². The van der Waals surface area contributed by atoms with Crippen molar-refractivity contribution < 1.29 is 9.53 Å². The highest BCUT2D eigenvalue weighted by Gasteiger charge is 2.39. The molecular formula is C17H19N7O2. The van der Waals surface area contributed by atoms with Crippen LogP contribution in [0.15, 0.2) is 24.7 Å². The molecule has 9 nitrogen and oxygen atoms in total. The molecule has 2 aliphatic heterocycles. The van der Waals surface area contributed by atoms with Crippen LogP contribution in [0, 0.1) is 0 Å². The molecule has 2 atom stereocenters. The second-order valence-corrected chi connectivity index (χ2v) is 6.96. The van der Waals surface area contributed by atoms with Crippen LogP contribution in [0.2, 0.25) is 0 Å². The van der Waals surface area contributed by atoms with Crippen molar-refractivity contribution in [3.63, 3.8) is 0 Å². The number of aryl methyl sites for hydroxylation is 1. The summed E-state index contributed by atoms with van der Waals surface area (Å²) in [5, 5.41) is 8.58. The highest BCUT2D eigenvalue weighted by Crippen LogP contribution is 2.34. The molecule has 2 aliphatic rings. The number of piperidine rings is 1. The zero-order valence-corrected chi connectivity index (χ0v) is 14.4. The summed E-state index contributed by atoms with van der Waals surface area (Å²) in [6.45, 7) is 1.11. The van der Waals surface area contributed by atoms with Gasteiger partial charge in [0.25, 0.3) is 0 Å². The molecule has 0 spiro atoms. The van der Waals surface area contributed by atoms with Crippen LogP contribution in [0.4, 0.5) is 10.6 Å². The van der Waals surface area contributed by atoms with Gasteiger partial charge in [0.05, 0.1) is 24.1 Å². The maximum absolute atomic E-state index is 11.9. The van der Waals surface area contributed by atoms with Crippen LogP contribution in [-0.2, 0) is 11.8 Å². The van der Waals surface area contributed by atoms with Crippen LogP contribution in [0.5, 0.6) is 0 Å². The van der Waals surface area contributed by atoms with Crippen LogP contribution in [-0.4, -0.2) is 54.6 Å². The van der Waals surface area contributed by atoms with Crippen molar-refractivity contribution >= 4 is 17.6 Å². The number of nitrogens with zero attached hydrogens (tertiary/aromatic N) is 6. The molecule has 0 aromatic carbocycles. The van der Waals surface area contributed by atoms with Crippen molar-refractivity contribution in [1.82, 2.24) is 29.3 Å². The maximum atomic E-state index is 11.9. The Kier molecular flexibility index (Phi) is 3.18. The Balaban J connectivity index is 1.55. The summed E-state index contributed by atoms with van der Waals surface area (Å²) in [6.07, 6.45) is 7.11. The molecule has 5 heterocycles. The van der Waals surface area contributed by atoms with Gasteiger partial charge in [0, 0.05) is 42.9 Å². The number of carbonyl (C=O) groups is 1. The Morgan fingerprint density at radius 2 is 2.15 bits per heavy atom. The standard InChI is InChI=1S/C17H19N7O2/c1-22-7-11(5-19-22)13-6-20-24-15(18)4-14(21-16(13)24)10-2-3-12-9-26-17(25)23(12)8-10/h4-7,10,12H,2-3,8-9,18H2,1H3/t10-,12-/m0/s1. The molecule has 1 amide bonds. The Labute approximate surface area is 149 Å². The normalized spacial score (nSPS) is 22.7. The molecule has 0 unspecified atom stereocenters. The van der Waals surface area contributed by atoms with Gasteiger partial charge in [0.1, 0.15) is 12.4 Å². The van der Waals surface area contributed by atoms with E-state index in [2.05, 4.69) is 10.2 Å². The number of anilines is 1. The monoisotopic (exact) mass is 353 g/mol. The third kappa shape index (κ3) is 2.23. The van der Waals surface area contributed by atoms with Gasteiger partial charge in [-0.1, -0.05) is 0 Å². The van der Waals surface area contributed by atoms with E-state index < -0.39 is 0 Å². The molecule has 26 heavy (non-hydrogen) atoms. The number of ether oxygens (including phenoxy) is 1. The lowest BCUT2D eigenvalue weighted by atomic mass is 9.91. The number of cyclic esters (lactones) is 1.